The Morgan fingerprint density at radius 2 is 1.92 bits per heavy atom. The van der Waals surface area contributed by atoms with Gasteiger partial charge in [-0.3, -0.25) is 18.7 Å². The maximum Gasteiger partial charge on any atom is 0.332 e. The van der Waals surface area contributed by atoms with Crippen LogP contribution in [0.15, 0.2) is 33.9 Å². The minimum Gasteiger partial charge on any atom is -0.384 e. The van der Waals surface area contributed by atoms with Crippen LogP contribution in [0.4, 0.5) is 5.82 Å². The molecule has 0 bridgehead atoms. The summed E-state index contributed by atoms with van der Waals surface area (Å²) in [5, 5.41) is 0. The van der Waals surface area contributed by atoms with Gasteiger partial charge in [-0.25, -0.2) is 4.79 Å². The second-order valence-electron chi connectivity index (χ2n) is 6.85. The van der Waals surface area contributed by atoms with Crippen molar-refractivity contribution in [1.82, 2.24) is 9.13 Å². The van der Waals surface area contributed by atoms with Crippen molar-refractivity contribution in [3.8, 4) is 0 Å². The van der Waals surface area contributed by atoms with Gasteiger partial charge in [0.15, 0.2) is 0 Å². The number of benzene rings is 1. The molecular weight excluding hydrogens is 332 g/mol. The van der Waals surface area contributed by atoms with E-state index < -0.39 is 11.2 Å². The summed E-state index contributed by atoms with van der Waals surface area (Å²) < 4.78 is 2.29. The normalized spacial score (nSPS) is 16.3. The zero-order valence-corrected chi connectivity index (χ0v) is 15.2. The number of carbonyl (C=O) groups is 1. The molecule has 0 amide bonds. The van der Waals surface area contributed by atoms with Gasteiger partial charge in [-0.15, -0.1) is 0 Å². The fourth-order valence-corrected chi connectivity index (χ4v) is 3.59. The van der Waals surface area contributed by atoms with Gasteiger partial charge >= 0.3 is 5.69 Å². The molecular formula is C19H25N4O3+. The van der Waals surface area contributed by atoms with E-state index in [-0.39, 0.29) is 23.7 Å². The molecule has 0 radical (unpaired) electrons. The zero-order valence-electron chi connectivity index (χ0n) is 15.2. The highest BCUT2D eigenvalue weighted by molar-refractivity contribution is 6.00. The summed E-state index contributed by atoms with van der Waals surface area (Å²) in [5.41, 5.74) is 7.44. The van der Waals surface area contributed by atoms with E-state index in [1.807, 2.05) is 19.1 Å². The summed E-state index contributed by atoms with van der Waals surface area (Å²) in [6.45, 7) is 4.06. The van der Waals surface area contributed by atoms with Gasteiger partial charge in [0.1, 0.15) is 24.5 Å². The van der Waals surface area contributed by atoms with E-state index in [1.165, 1.54) is 22.7 Å². The Hall–Kier alpha value is -2.67. The van der Waals surface area contributed by atoms with E-state index in [1.54, 1.807) is 0 Å². The molecule has 3 N–H and O–H groups in total. The number of nitrogens with zero attached hydrogens (tertiary/aromatic N) is 2. The predicted molar refractivity (Wildman–Crippen MR) is 99.5 cm³/mol. The van der Waals surface area contributed by atoms with E-state index in [0.29, 0.717) is 13.0 Å². The van der Waals surface area contributed by atoms with Crippen LogP contribution in [0, 0.1) is 0 Å². The molecule has 1 aliphatic heterocycles. The van der Waals surface area contributed by atoms with Gasteiger partial charge in [0.2, 0.25) is 5.78 Å². The van der Waals surface area contributed by atoms with Crippen molar-refractivity contribution in [3.05, 3.63) is 61.8 Å². The van der Waals surface area contributed by atoms with E-state index in [2.05, 4.69) is 12.1 Å². The van der Waals surface area contributed by atoms with Crippen LogP contribution in [0.5, 0.6) is 0 Å². The molecule has 1 aromatic carbocycles. The average molecular weight is 357 g/mol. The molecule has 0 saturated carbocycles. The smallest absolute Gasteiger partial charge is 0.332 e. The number of carbonyl (C=O) groups excluding carboxylic acids is 1. The summed E-state index contributed by atoms with van der Waals surface area (Å²) in [4.78, 5) is 38.7. The number of ketones is 1. The summed E-state index contributed by atoms with van der Waals surface area (Å²) in [7, 11) is 1.39. The third-order valence-electron chi connectivity index (χ3n) is 5.03. The Bertz CT molecular complexity index is 958. The number of nitrogens with one attached hydrogen (secondary N) is 1. The van der Waals surface area contributed by atoms with Gasteiger partial charge in [-0.2, -0.15) is 0 Å². The van der Waals surface area contributed by atoms with Crippen LogP contribution in [-0.2, 0) is 26.6 Å². The standard InChI is InChI=1S/C19H24N4O3/c1-3-9-23-17(20)16(18(25)21(2)19(23)26)15(24)12-22-10-8-13-6-4-5-7-14(13)11-22/h4-7H,3,8-12,20H2,1-2H3/p+1. The monoisotopic (exact) mass is 357 g/mol. The lowest BCUT2D eigenvalue weighted by Crippen LogP contribution is -3.12. The number of aromatic nitrogens is 2. The number of nitrogen functional groups attached to an aromatic ring is 1. The molecule has 7 nitrogen and oxygen atoms in total. The summed E-state index contributed by atoms with van der Waals surface area (Å²) >= 11 is 0. The van der Waals surface area contributed by atoms with Gasteiger partial charge in [-0.05, 0) is 12.0 Å². The highest BCUT2D eigenvalue weighted by atomic mass is 16.2. The molecule has 1 unspecified atom stereocenters. The first-order valence-electron chi connectivity index (χ1n) is 8.96. The van der Waals surface area contributed by atoms with Gasteiger partial charge < -0.3 is 10.6 Å². The Kier molecular flexibility index (Phi) is 5.08. The molecule has 1 aliphatic rings. The SMILES string of the molecule is CCCn1c(N)c(C(=O)C[NH+]2CCc3ccccc3C2)c(=O)n(C)c1=O. The third-order valence-corrected chi connectivity index (χ3v) is 5.03. The van der Waals surface area contributed by atoms with Gasteiger partial charge in [-0.1, -0.05) is 31.2 Å². The van der Waals surface area contributed by atoms with Crippen molar-refractivity contribution in [2.45, 2.75) is 32.9 Å². The molecule has 26 heavy (non-hydrogen) atoms. The molecule has 1 atom stereocenters. The topological polar surface area (TPSA) is 91.5 Å². The maximum atomic E-state index is 12.9. The molecule has 7 heteroatoms. The van der Waals surface area contributed by atoms with Gasteiger partial charge in [0.05, 0.1) is 6.54 Å². The highest BCUT2D eigenvalue weighted by Crippen LogP contribution is 2.11. The van der Waals surface area contributed by atoms with Crippen LogP contribution in [0.3, 0.4) is 0 Å². The Morgan fingerprint density at radius 1 is 1.23 bits per heavy atom. The third kappa shape index (κ3) is 3.22. The van der Waals surface area contributed by atoms with Crippen molar-refractivity contribution in [3.63, 3.8) is 0 Å². The van der Waals surface area contributed by atoms with Crippen molar-refractivity contribution in [2.24, 2.45) is 7.05 Å². The number of hydrogen-bond acceptors (Lipinski definition) is 4. The number of Topliss-reactive ketones (excluding diaryl/α,β-unsaturated/α-hetero) is 1. The highest BCUT2D eigenvalue weighted by Gasteiger charge is 2.27. The van der Waals surface area contributed by atoms with E-state index in [9.17, 15) is 14.4 Å². The molecule has 2 aromatic rings. The fourth-order valence-electron chi connectivity index (χ4n) is 3.59. The zero-order chi connectivity index (χ0) is 18.8. The number of rotatable bonds is 5. The molecule has 0 fully saturated rings. The second kappa shape index (κ2) is 7.29. The lowest BCUT2D eigenvalue weighted by atomic mass is 9.99. The Balaban J connectivity index is 1.89. The largest absolute Gasteiger partial charge is 0.384 e. The minimum absolute atomic E-state index is 0.0123. The minimum atomic E-state index is -0.610. The molecule has 1 aromatic heterocycles. The van der Waals surface area contributed by atoms with Crippen LogP contribution >= 0.6 is 0 Å². The Labute approximate surface area is 151 Å². The lowest BCUT2D eigenvalue weighted by molar-refractivity contribution is -0.907. The van der Waals surface area contributed by atoms with E-state index >= 15 is 0 Å². The molecule has 0 spiro atoms. The second-order valence-corrected chi connectivity index (χ2v) is 6.85. The van der Waals surface area contributed by atoms with Crippen LogP contribution in [-0.4, -0.2) is 28.0 Å². The summed E-state index contributed by atoms with van der Waals surface area (Å²) in [6.07, 6.45) is 1.59. The quantitative estimate of drug-likeness (QED) is 0.697. The fraction of sp³-hybridized carbons (Fsp3) is 0.421. The number of nitrogens with two attached hydrogens (primary N) is 1. The molecule has 2 heterocycles. The van der Waals surface area contributed by atoms with E-state index in [0.717, 1.165) is 29.0 Å². The predicted octanol–water partition coefficient (Wildman–Crippen LogP) is -0.637. The number of fused-ring (bicyclic) bond motifs is 1. The first kappa shape index (κ1) is 18.1. The molecule has 138 valence electrons. The van der Waals surface area contributed by atoms with Gasteiger partial charge in [0.25, 0.3) is 5.56 Å². The van der Waals surface area contributed by atoms with Crippen molar-refractivity contribution >= 4 is 11.6 Å². The maximum absolute atomic E-state index is 12.9. The number of hydrogen-bond donors (Lipinski definition) is 2. The number of anilines is 1. The molecule has 3 rings (SSSR count). The van der Waals surface area contributed by atoms with Crippen LogP contribution < -0.4 is 21.9 Å². The van der Waals surface area contributed by atoms with Crippen LogP contribution in [0.2, 0.25) is 0 Å². The first-order chi connectivity index (χ1) is 12.4. The van der Waals surface area contributed by atoms with E-state index in [4.69, 9.17) is 5.73 Å². The summed E-state index contributed by atoms with van der Waals surface area (Å²) in [5.74, 6) is -0.316. The van der Waals surface area contributed by atoms with Gasteiger partial charge in [0, 0.05) is 25.6 Å². The van der Waals surface area contributed by atoms with Crippen LogP contribution in [0.25, 0.3) is 0 Å². The summed E-state index contributed by atoms with van der Waals surface area (Å²) in [6, 6.07) is 8.21. The molecule has 0 aliphatic carbocycles. The molecule has 0 saturated heterocycles. The number of quaternary nitrogens is 1. The average Bonchev–Trinajstić information content (AvgIpc) is 2.63. The lowest BCUT2D eigenvalue weighted by Gasteiger charge is -2.25. The van der Waals surface area contributed by atoms with Crippen molar-refractivity contribution < 1.29 is 9.69 Å². The Morgan fingerprint density at radius 3 is 2.62 bits per heavy atom. The van der Waals surface area contributed by atoms with Crippen molar-refractivity contribution in [1.29, 1.82) is 0 Å². The first-order valence-corrected chi connectivity index (χ1v) is 8.96. The van der Waals surface area contributed by atoms with Crippen LogP contribution in [0.1, 0.15) is 34.8 Å². The van der Waals surface area contributed by atoms with Crippen molar-refractivity contribution in [2.75, 3.05) is 18.8 Å².